The molecular formula is C19H24F2N4O2. The first kappa shape index (κ1) is 18.3. The number of piperidine rings is 1. The van der Waals surface area contributed by atoms with Crippen molar-refractivity contribution in [3.05, 3.63) is 24.0 Å². The molecular weight excluding hydrogens is 354 g/mol. The van der Waals surface area contributed by atoms with Gasteiger partial charge in [0.2, 0.25) is 5.91 Å². The molecule has 3 aliphatic heterocycles. The molecule has 3 fully saturated rings. The zero-order chi connectivity index (χ0) is 19.2. The molecule has 2 amide bonds. The molecule has 0 unspecified atom stereocenters. The highest BCUT2D eigenvalue weighted by Gasteiger charge is 2.61. The number of alkyl halides is 2. The van der Waals surface area contributed by atoms with Crippen molar-refractivity contribution in [2.24, 2.45) is 5.41 Å². The smallest absolute Gasteiger partial charge is 0.274 e. The largest absolute Gasteiger partial charge is 0.342 e. The molecule has 4 heterocycles. The summed E-state index contributed by atoms with van der Waals surface area (Å²) in [7, 11) is 0. The molecule has 0 spiro atoms. The molecule has 3 aliphatic rings. The fraction of sp³-hybridized carbons (Fsp3) is 0.684. The van der Waals surface area contributed by atoms with E-state index in [-0.39, 0.29) is 55.5 Å². The minimum absolute atomic E-state index is 0.000336. The van der Waals surface area contributed by atoms with Crippen LogP contribution in [0.25, 0.3) is 0 Å². The van der Waals surface area contributed by atoms with Crippen molar-refractivity contribution in [1.29, 1.82) is 0 Å². The lowest BCUT2D eigenvalue weighted by atomic mass is 9.70. The molecule has 27 heavy (non-hydrogen) atoms. The Bertz CT molecular complexity index is 734. The number of hydrogen-bond donors (Lipinski definition) is 0. The van der Waals surface area contributed by atoms with Crippen molar-refractivity contribution in [3.63, 3.8) is 0 Å². The monoisotopic (exact) mass is 378 g/mol. The highest BCUT2D eigenvalue weighted by Crippen LogP contribution is 2.53. The summed E-state index contributed by atoms with van der Waals surface area (Å²) in [6, 6.07) is 3.11. The predicted octanol–water partition coefficient (Wildman–Crippen LogP) is 2.51. The standard InChI is InChI=1S/C19H24F2N4O2/c1-2-18(17(27)24-10-7-19(20,21)8-11-24)12-13-5-6-15(18)25(13)16(26)14-4-3-9-22-23-14/h3-4,9,13,15H,2,5-8,10-12H2,1H3/t13-,15+,18+/m1/s1. The van der Waals surface area contributed by atoms with Gasteiger partial charge in [0.05, 0.1) is 5.41 Å². The Labute approximate surface area is 156 Å². The van der Waals surface area contributed by atoms with Crippen molar-refractivity contribution in [3.8, 4) is 0 Å². The van der Waals surface area contributed by atoms with Crippen LogP contribution < -0.4 is 0 Å². The minimum atomic E-state index is -2.68. The number of halogens is 2. The maximum absolute atomic E-state index is 13.5. The maximum atomic E-state index is 13.5. The first-order valence-corrected chi connectivity index (χ1v) is 9.65. The van der Waals surface area contributed by atoms with Gasteiger partial charge in [0.15, 0.2) is 5.69 Å². The Morgan fingerprint density at radius 2 is 2.00 bits per heavy atom. The van der Waals surface area contributed by atoms with E-state index in [0.717, 1.165) is 12.8 Å². The number of nitrogens with zero attached hydrogens (tertiary/aromatic N) is 4. The van der Waals surface area contributed by atoms with Gasteiger partial charge in [0.1, 0.15) is 0 Å². The molecule has 0 aliphatic carbocycles. The summed E-state index contributed by atoms with van der Waals surface area (Å²) in [5.41, 5.74) is -0.390. The molecule has 8 heteroatoms. The van der Waals surface area contributed by atoms with Crippen molar-refractivity contribution in [1.82, 2.24) is 20.0 Å². The Morgan fingerprint density at radius 1 is 1.26 bits per heavy atom. The summed E-state index contributed by atoms with van der Waals surface area (Å²) in [5, 5.41) is 7.71. The molecule has 0 aromatic carbocycles. The molecule has 1 aromatic heterocycles. The van der Waals surface area contributed by atoms with Crippen LogP contribution in [-0.4, -0.2) is 62.9 Å². The lowest BCUT2D eigenvalue weighted by molar-refractivity contribution is -0.150. The second kappa shape index (κ2) is 6.49. The van der Waals surface area contributed by atoms with Gasteiger partial charge in [-0.25, -0.2) is 8.78 Å². The number of carbonyl (C=O) groups excluding carboxylic acids is 2. The molecule has 6 nitrogen and oxygen atoms in total. The lowest BCUT2D eigenvalue weighted by Crippen LogP contribution is -2.54. The molecule has 0 radical (unpaired) electrons. The zero-order valence-corrected chi connectivity index (χ0v) is 15.4. The van der Waals surface area contributed by atoms with Gasteiger partial charge < -0.3 is 9.80 Å². The Kier molecular flexibility index (Phi) is 4.39. The highest BCUT2D eigenvalue weighted by molar-refractivity contribution is 5.95. The summed E-state index contributed by atoms with van der Waals surface area (Å²) in [6.45, 7) is 2.13. The van der Waals surface area contributed by atoms with Gasteiger partial charge in [-0.15, -0.1) is 5.10 Å². The molecule has 0 N–H and O–H groups in total. The number of fused-ring (bicyclic) bond motifs is 2. The van der Waals surface area contributed by atoms with Crippen LogP contribution in [0.5, 0.6) is 0 Å². The summed E-state index contributed by atoms with van der Waals surface area (Å²) >= 11 is 0. The van der Waals surface area contributed by atoms with Crippen LogP contribution in [0, 0.1) is 5.41 Å². The van der Waals surface area contributed by atoms with E-state index < -0.39 is 11.3 Å². The normalized spacial score (nSPS) is 32.0. The van der Waals surface area contributed by atoms with Gasteiger partial charge in [-0.3, -0.25) is 9.59 Å². The summed E-state index contributed by atoms with van der Waals surface area (Å²) in [5.74, 6) is -2.94. The summed E-state index contributed by atoms with van der Waals surface area (Å²) in [4.78, 5) is 29.8. The van der Waals surface area contributed by atoms with Crippen molar-refractivity contribution >= 4 is 11.8 Å². The Balaban J connectivity index is 1.57. The number of amides is 2. The van der Waals surface area contributed by atoms with E-state index in [1.807, 2.05) is 11.8 Å². The minimum Gasteiger partial charge on any atom is -0.342 e. The number of hydrogen-bond acceptors (Lipinski definition) is 4. The van der Waals surface area contributed by atoms with E-state index >= 15 is 0 Å². The van der Waals surface area contributed by atoms with Gasteiger partial charge in [-0.05, 0) is 37.8 Å². The van der Waals surface area contributed by atoms with Crippen LogP contribution in [0.4, 0.5) is 8.78 Å². The van der Waals surface area contributed by atoms with Gasteiger partial charge >= 0.3 is 0 Å². The molecule has 3 saturated heterocycles. The lowest BCUT2D eigenvalue weighted by Gasteiger charge is -2.41. The molecule has 3 atom stereocenters. The van der Waals surface area contributed by atoms with Crippen LogP contribution in [0.1, 0.15) is 55.9 Å². The molecule has 0 saturated carbocycles. The first-order chi connectivity index (χ1) is 12.9. The quantitative estimate of drug-likeness (QED) is 0.811. The summed E-state index contributed by atoms with van der Waals surface area (Å²) in [6.07, 6.45) is 3.78. The summed E-state index contributed by atoms with van der Waals surface area (Å²) < 4.78 is 27.0. The number of aromatic nitrogens is 2. The van der Waals surface area contributed by atoms with Crippen LogP contribution in [0.15, 0.2) is 18.3 Å². The average Bonchev–Trinajstić information content (AvgIpc) is 3.24. The van der Waals surface area contributed by atoms with Gasteiger partial charge in [0.25, 0.3) is 11.8 Å². The molecule has 4 rings (SSSR count). The maximum Gasteiger partial charge on any atom is 0.274 e. The molecule has 146 valence electrons. The van der Waals surface area contributed by atoms with E-state index in [0.29, 0.717) is 12.8 Å². The fourth-order valence-electron chi connectivity index (χ4n) is 5.15. The zero-order valence-electron chi connectivity index (χ0n) is 15.4. The van der Waals surface area contributed by atoms with E-state index in [1.165, 1.54) is 6.20 Å². The third kappa shape index (κ3) is 2.89. The van der Waals surface area contributed by atoms with E-state index in [1.54, 1.807) is 17.0 Å². The van der Waals surface area contributed by atoms with Crippen LogP contribution in [0.2, 0.25) is 0 Å². The molecule has 1 aromatic rings. The van der Waals surface area contributed by atoms with Crippen LogP contribution in [-0.2, 0) is 4.79 Å². The third-order valence-electron chi connectivity index (χ3n) is 6.61. The Hall–Kier alpha value is -2.12. The van der Waals surface area contributed by atoms with Crippen molar-refractivity contribution in [2.45, 2.75) is 63.5 Å². The fourth-order valence-corrected chi connectivity index (χ4v) is 5.15. The Morgan fingerprint density at radius 3 is 2.63 bits per heavy atom. The number of likely N-dealkylation sites (tertiary alicyclic amines) is 1. The van der Waals surface area contributed by atoms with E-state index in [9.17, 15) is 18.4 Å². The topological polar surface area (TPSA) is 66.4 Å². The van der Waals surface area contributed by atoms with E-state index in [4.69, 9.17) is 0 Å². The number of carbonyl (C=O) groups is 2. The van der Waals surface area contributed by atoms with Crippen LogP contribution >= 0.6 is 0 Å². The van der Waals surface area contributed by atoms with Crippen molar-refractivity contribution in [2.75, 3.05) is 13.1 Å². The van der Waals surface area contributed by atoms with Gasteiger partial charge in [-0.1, -0.05) is 6.92 Å². The van der Waals surface area contributed by atoms with E-state index in [2.05, 4.69) is 10.2 Å². The van der Waals surface area contributed by atoms with Crippen molar-refractivity contribution < 1.29 is 18.4 Å². The second-order valence-electron chi connectivity index (χ2n) is 7.93. The SMILES string of the molecule is CC[C@]1(C(=O)N2CCC(F)(F)CC2)C[C@H]2CC[C@@H]1N2C(=O)c1cccnn1. The van der Waals surface area contributed by atoms with Gasteiger partial charge in [-0.2, -0.15) is 5.10 Å². The predicted molar refractivity (Wildman–Crippen MR) is 93.1 cm³/mol. The highest BCUT2D eigenvalue weighted by atomic mass is 19.3. The van der Waals surface area contributed by atoms with Crippen LogP contribution in [0.3, 0.4) is 0 Å². The molecule has 2 bridgehead atoms. The van der Waals surface area contributed by atoms with Gasteiger partial charge in [0, 0.05) is 44.2 Å². The number of rotatable bonds is 3. The first-order valence-electron chi connectivity index (χ1n) is 9.65. The third-order valence-corrected chi connectivity index (χ3v) is 6.61. The average molecular weight is 378 g/mol. The second-order valence-corrected chi connectivity index (χ2v) is 7.93.